The second-order valence-corrected chi connectivity index (χ2v) is 4.17. The zero-order valence-electron chi connectivity index (χ0n) is 11.3. The summed E-state index contributed by atoms with van der Waals surface area (Å²) in [6.07, 6.45) is 0. The Labute approximate surface area is 117 Å². The number of aromatic hydroxyl groups is 1. The number of hydrogen-bond acceptors (Lipinski definition) is 7. The molecule has 0 radical (unpaired) electrons. The molecule has 2 rings (SSSR count). The molecule has 0 bridgehead atoms. The summed E-state index contributed by atoms with van der Waals surface area (Å²) in [5.41, 5.74) is -0.401. The van der Waals surface area contributed by atoms with Gasteiger partial charge in [-0.25, -0.2) is 4.79 Å². The molecule has 112 valence electrons. The predicted octanol–water partition coefficient (Wildman–Crippen LogP) is -0.653. The number of carbonyl (C=O) groups is 2. The van der Waals surface area contributed by atoms with E-state index in [1.165, 1.54) is 13.8 Å². The molecule has 0 unspecified atom stereocenters. The van der Waals surface area contributed by atoms with E-state index in [2.05, 4.69) is 20.3 Å². The number of nitrogens with zero attached hydrogens (tertiary/aromatic N) is 3. The molecule has 0 fully saturated rings. The summed E-state index contributed by atoms with van der Waals surface area (Å²) in [7, 11) is 0. The van der Waals surface area contributed by atoms with Crippen molar-refractivity contribution < 1.29 is 19.4 Å². The third kappa shape index (κ3) is 3.16. The van der Waals surface area contributed by atoms with Crippen molar-refractivity contribution in [3.63, 3.8) is 0 Å². The second-order valence-electron chi connectivity index (χ2n) is 4.17. The lowest BCUT2D eigenvalue weighted by molar-refractivity contribution is -0.141. The zero-order chi connectivity index (χ0) is 15.6. The molecule has 10 heteroatoms. The van der Waals surface area contributed by atoms with Crippen molar-refractivity contribution in [3.05, 3.63) is 10.5 Å². The van der Waals surface area contributed by atoms with Gasteiger partial charge in [-0.2, -0.15) is 9.97 Å². The fourth-order valence-electron chi connectivity index (χ4n) is 1.76. The van der Waals surface area contributed by atoms with E-state index in [0.717, 1.165) is 4.57 Å². The molecule has 2 aromatic heterocycles. The molecular formula is C11H13N5O5. The van der Waals surface area contributed by atoms with Gasteiger partial charge in [-0.15, -0.1) is 0 Å². The Morgan fingerprint density at radius 3 is 2.71 bits per heavy atom. The monoisotopic (exact) mass is 295 g/mol. The summed E-state index contributed by atoms with van der Waals surface area (Å²) < 4.78 is 5.89. The first-order chi connectivity index (χ1) is 9.88. The van der Waals surface area contributed by atoms with Crippen LogP contribution in [0.4, 0.5) is 5.95 Å². The van der Waals surface area contributed by atoms with E-state index in [4.69, 9.17) is 4.74 Å². The van der Waals surface area contributed by atoms with Crippen molar-refractivity contribution in [1.29, 1.82) is 0 Å². The first-order valence-electron chi connectivity index (χ1n) is 5.99. The van der Waals surface area contributed by atoms with Crippen LogP contribution in [0, 0.1) is 0 Å². The number of imidazole rings is 1. The number of nitrogens with one attached hydrogen (secondary N) is 2. The number of hydrogen-bond donors (Lipinski definition) is 3. The maximum atomic E-state index is 11.8. The number of esters is 1. The van der Waals surface area contributed by atoms with Crippen LogP contribution >= 0.6 is 0 Å². The van der Waals surface area contributed by atoms with E-state index in [0.29, 0.717) is 0 Å². The van der Waals surface area contributed by atoms with Crippen LogP contribution < -0.4 is 11.0 Å². The summed E-state index contributed by atoms with van der Waals surface area (Å²) in [6, 6.07) is 0. The van der Waals surface area contributed by atoms with Crippen LogP contribution in [0.5, 0.6) is 5.88 Å². The minimum atomic E-state index is -0.540. The molecule has 3 N–H and O–H groups in total. The Balaban J connectivity index is 2.39. The Kier molecular flexibility index (Phi) is 3.87. The Hall–Kier alpha value is -2.91. The quantitative estimate of drug-likeness (QED) is 0.636. The third-order valence-corrected chi connectivity index (χ3v) is 2.51. The molecule has 0 saturated carbocycles. The van der Waals surface area contributed by atoms with E-state index in [-0.39, 0.29) is 30.3 Å². The highest BCUT2D eigenvalue weighted by atomic mass is 16.5. The molecule has 0 aromatic carbocycles. The van der Waals surface area contributed by atoms with Gasteiger partial charge in [-0.3, -0.25) is 24.5 Å². The molecule has 1 amide bonds. The lowest BCUT2D eigenvalue weighted by Gasteiger charge is -2.05. The van der Waals surface area contributed by atoms with E-state index >= 15 is 0 Å². The van der Waals surface area contributed by atoms with Gasteiger partial charge < -0.3 is 9.84 Å². The number of anilines is 1. The Morgan fingerprint density at radius 2 is 2.10 bits per heavy atom. The van der Waals surface area contributed by atoms with Crippen molar-refractivity contribution in [2.24, 2.45) is 0 Å². The summed E-state index contributed by atoms with van der Waals surface area (Å²) >= 11 is 0. The fourth-order valence-corrected chi connectivity index (χ4v) is 1.76. The number of ether oxygens (including phenoxy) is 1. The first-order valence-corrected chi connectivity index (χ1v) is 5.99. The van der Waals surface area contributed by atoms with Gasteiger partial charge in [0.25, 0.3) is 0 Å². The van der Waals surface area contributed by atoms with Crippen molar-refractivity contribution >= 4 is 29.0 Å². The average Bonchev–Trinajstić information content (AvgIpc) is 2.64. The predicted molar refractivity (Wildman–Crippen MR) is 70.8 cm³/mol. The van der Waals surface area contributed by atoms with Crippen LogP contribution in [0.1, 0.15) is 13.8 Å². The maximum absolute atomic E-state index is 11.8. The van der Waals surface area contributed by atoms with Gasteiger partial charge in [0, 0.05) is 13.8 Å². The molecule has 0 aliphatic carbocycles. The SMILES string of the molecule is CC(=O)Nc1nc(O)c2c(n1)[nH]c(=O)n2CCOC(C)=O. The fraction of sp³-hybridized carbons (Fsp3) is 0.364. The second kappa shape index (κ2) is 5.61. The van der Waals surface area contributed by atoms with Crippen molar-refractivity contribution in [1.82, 2.24) is 19.5 Å². The molecule has 2 aromatic rings. The van der Waals surface area contributed by atoms with Gasteiger partial charge in [-0.1, -0.05) is 0 Å². The molecule has 2 heterocycles. The highest BCUT2D eigenvalue weighted by molar-refractivity contribution is 5.88. The number of aromatic amines is 1. The number of aromatic nitrogens is 4. The minimum absolute atomic E-state index is 0.0327. The van der Waals surface area contributed by atoms with Crippen molar-refractivity contribution in [2.45, 2.75) is 20.4 Å². The zero-order valence-corrected chi connectivity index (χ0v) is 11.3. The van der Waals surface area contributed by atoms with Gasteiger partial charge >= 0.3 is 11.7 Å². The van der Waals surface area contributed by atoms with E-state index in [1.807, 2.05) is 0 Å². The first kappa shape index (κ1) is 14.5. The Morgan fingerprint density at radius 1 is 1.38 bits per heavy atom. The topological polar surface area (TPSA) is 139 Å². The number of rotatable bonds is 4. The maximum Gasteiger partial charge on any atom is 0.327 e. The van der Waals surface area contributed by atoms with E-state index < -0.39 is 23.4 Å². The van der Waals surface area contributed by atoms with Crippen LogP contribution in [-0.4, -0.2) is 43.1 Å². The van der Waals surface area contributed by atoms with Crippen LogP contribution in [0.25, 0.3) is 11.2 Å². The van der Waals surface area contributed by atoms with Crippen LogP contribution in [0.15, 0.2) is 4.79 Å². The minimum Gasteiger partial charge on any atom is -0.492 e. The standard InChI is InChI=1S/C11H13N5O5/c1-5(17)12-10-13-8-7(9(19)15-10)16(11(20)14-8)3-4-21-6(2)18/h3-4H2,1-2H3,(H3,12,13,14,15,17,19,20). The summed E-state index contributed by atoms with van der Waals surface area (Å²) in [6.45, 7) is 2.51. The van der Waals surface area contributed by atoms with Crippen LogP contribution in [-0.2, 0) is 20.9 Å². The highest BCUT2D eigenvalue weighted by Gasteiger charge is 2.16. The van der Waals surface area contributed by atoms with E-state index in [9.17, 15) is 19.5 Å². The molecule has 0 atom stereocenters. The lowest BCUT2D eigenvalue weighted by atomic mass is 10.5. The summed E-state index contributed by atoms with van der Waals surface area (Å²) in [4.78, 5) is 43.5. The van der Waals surface area contributed by atoms with Crippen LogP contribution in [0.3, 0.4) is 0 Å². The Bertz CT molecular complexity index is 762. The smallest absolute Gasteiger partial charge is 0.327 e. The molecule has 0 aliphatic heterocycles. The van der Waals surface area contributed by atoms with E-state index in [1.54, 1.807) is 0 Å². The van der Waals surface area contributed by atoms with Gasteiger partial charge in [0.1, 0.15) is 6.61 Å². The molecular weight excluding hydrogens is 282 g/mol. The van der Waals surface area contributed by atoms with Gasteiger partial charge in [0.15, 0.2) is 11.2 Å². The number of H-pyrrole nitrogens is 1. The molecule has 0 aliphatic rings. The lowest BCUT2D eigenvalue weighted by Crippen LogP contribution is -2.20. The number of fused-ring (bicyclic) bond motifs is 1. The van der Waals surface area contributed by atoms with Gasteiger partial charge in [-0.05, 0) is 0 Å². The van der Waals surface area contributed by atoms with Gasteiger partial charge in [0.2, 0.25) is 17.7 Å². The molecule has 0 saturated heterocycles. The molecule has 0 spiro atoms. The van der Waals surface area contributed by atoms with Gasteiger partial charge in [0.05, 0.1) is 6.54 Å². The highest BCUT2D eigenvalue weighted by Crippen LogP contribution is 2.20. The summed E-state index contributed by atoms with van der Waals surface area (Å²) in [5.74, 6) is -1.48. The average molecular weight is 295 g/mol. The van der Waals surface area contributed by atoms with Crippen molar-refractivity contribution in [2.75, 3.05) is 11.9 Å². The normalized spacial score (nSPS) is 10.6. The molecule has 21 heavy (non-hydrogen) atoms. The molecule has 10 nitrogen and oxygen atoms in total. The van der Waals surface area contributed by atoms with Crippen LogP contribution in [0.2, 0.25) is 0 Å². The summed E-state index contributed by atoms with van der Waals surface area (Å²) in [5, 5.41) is 12.2. The largest absolute Gasteiger partial charge is 0.492 e. The number of carbonyl (C=O) groups excluding carboxylic acids is 2. The third-order valence-electron chi connectivity index (χ3n) is 2.51. The van der Waals surface area contributed by atoms with Crippen molar-refractivity contribution in [3.8, 4) is 5.88 Å². The number of amides is 1.